The normalized spacial score (nSPS) is 10.7. The summed E-state index contributed by atoms with van der Waals surface area (Å²) >= 11 is 1.13. The molecule has 0 fully saturated rings. The molecule has 0 unspecified atom stereocenters. The van der Waals surface area contributed by atoms with Crippen molar-refractivity contribution in [2.75, 3.05) is 7.11 Å². The lowest BCUT2D eigenvalue weighted by Gasteiger charge is -2.08. The average molecular weight is 310 g/mol. The van der Waals surface area contributed by atoms with Gasteiger partial charge in [0.1, 0.15) is 4.88 Å². The number of rotatable bonds is 1. The zero-order valence-corrected chi connectivity index (χ0v) is 11.6. The fourth-order valence-corrected chi connectivity index (χ4v) is 2.40. The van der Waals surface area contributed by atoms with Gasteiger partial charge in [-0.3, -0.25) is 0 Å². The first-order valence-corrected chi connectivity index (χ1v) is 6.65. The van der Waals surface area contributed by atoms with E-state index in [1.165, 1.54) is 25.3 Å². The van der Waals surface area contributed by atoms with Crippen molar-refractivity contribution >= 4 is 17.3 Å². The van der Waals surface area contributed by atoms with E-state index < -0.39 is 17.7 Å². The van der Waals surface area contributed by atoms with Crippen LogP contribution in [-0.4, -0.2) is 13.1 Å². The van der Waals surface area contributed by atoms with Crippen LogP contribution in [-0.2, 0) is 10.9 Å². The highest BCUT2D eigenvalue weighted by Crippen LogP contribution is 2.31. The molecular weight excluding hydrogens is 301 g/mol. The van der Waals surface area contributed by atoms with Crippen LogP contribution in [0.15, 0.2) is 35.7 Å². The lowest BCUT2D eigenvalue weighted by Crippen LogP contribution is -2.07. The molecule has 0 spiro atoms. The fraction of sp³-hybridized carbons (Fsp3) is 0.133. The first-order chi connectivity index (χ1) is 9.93. The minimum Gasteiger partial charge on any atom is -0.465 e. The van der Waals surface area contributed by atoms with Crippen molar-refractivity contribution in [1.29, 1.82) is 0 Å². The molecule has 0 radical (unpaired) electrons. The Morgan fingerprint density at radius 2 is 1.81 bits per heavy atom. The van der Waals surface area contributed by atoms with Crippen LogP contribution in [0.25, 0.3) is 0 Å². The third-order valence-corrected chi connectivity index (χ3v) is 3.49. The van der Waals surface area contributed by atoms with Crippen molar-refractivity contribution < 1.29 is 22.7 Å². The summed E-state index contributed by atoms with van der Waals surface area (Å²) in [4.78, 5) is 11.7. The number of methoxy groups -OCH3 is 1. The predicted octanol–water partition coefficient (Wildman–Crippen LogP) is 3.95. The molecule has 0 saturated heterocycles. The number of benzene rings is 1. The summed E-state index contributed by atoms with van der Waals surface area (Å²) < 4.78 is 43.1. The molecule has 2 aromatic rings. The van der Waals surface area contributed by atoms with Gasteiger partial charge in [-0.2, -0.15) is 13.2 Å². The summed E-state index contributed by atoms with van der Waals surface area (Å²) in [6.45, 7) is 0. The highest BCUT2D eigenvalue weighted by molar-refractivity contribution is 7.12. The number of esters is 1. The maximum absolute atomic E-state index is 12.8. The first-order valence-electron chi connectivity index (χ1n) is 5.77. The average Bonchev–Trinajstić information content (AvgIpc) is 2.92. The molecule has 2 nitrogen and oxygen atoms in total. The summed E-state index contributed by atoms with van der Waals surface area (Å²) in [5.41, 5.74) is -0.580. The SMILES string of the molecule is COC(=O)c1sccc1C#Cc1ccccc1C(F)(F)F. The highest BCUT2D eigenvalue weighted by Gasteiger charge is 2.32. The van der Waals surface area contributed by atoms with Crippen molar-refractivity contribution in [2.45, 2.75) is 6.18 Å². The Morgan fingerprint density at radius 3 is 2.48 bits per heavy atom. The fourth-order valence-electron chi connectivity index (χ4n) is 1.63. The molecule has 0 aliphatic carbocycles. The molecule has 0 atom stereocenters. The van der Waals surface area contributed by atoms with Gasteiger partial charge in [0, 0.05) is 5.56 Å². The van der Waals surface area contributed by atoms with Crippen LogP contribution in [0.3, 0.4) is 0 Å². The summed E-state index contributed by atoms with van der Waals surface area (Å²) in [5.74, 6) is 4.51. The Labute approximate surface area is 123 Å². The zero-order chi connectivity index (χ0) is 15.5. The molecule has 2 rings (SSSR count). The Bertz CT molecular complexity index is 720. The molecule has 0 bridgehead atoms. The number of alkyl halides is 3. The predicted molar refractivity (Wildman–Crippen MR) is 73.1 cm³/mol. The maximum atomic E-state index is 12.8. The Morgan fingerprint density at radius 1 is 1.14 bits per heavy atom. The van der Waals surface area contributed by atoms with Crippen molar-refractivity contribution in [3.8, 4) is 11.8 Å². The summed E-state index contributed by atoms with van der Waals surface area (Å²) in [6.07, 6.45) is -4.47. The van der Waals surface area contributed by atoms with Gasteiger partial charge in [-0.1, -0.05) is 24.0 Å². The molecule has 21 heavy (non-hydrogen) atoms. The van der Waals surface area contributed by atoms with Gasteiger partial charge in [-0.05, 0) is 23.6 Å². The van der Waals surface area contributed by atoms with Crippen LogP contribution in [0, 0.1) is 11.8 Å². The molecular formula is C15H9F3O2S. The Kier molecular flexibility index (Phi) is 4.34. The molecule has 108 valence electrons. The van der Waals surface area contributed by atoms with Gasteiger partial charge in [0.15, 0.2) is 0 Å². The van der Waals surface area contributed by atoms with Gasteiger partial charge in [0.05, 0.1) is 18.2 Å². The lowest BCUT2D eigenvalue weighted by atomic mass is 10.1. The van der Waals surface area contributed by atoms with E-state index in [1.54, 1.807) is 11.4 Å². The minimum absolute atomic E-state index is 0.132. The van der Waals surface area contributed by atoms with Gasteiger partial charge in [-0.15, -0.1) is 11.3 Å². The van der Waals surface area contributed by atoms with Crippen LogP contribution >= 0.6 is 11.3 Å². The zero-order valence-electron chi connectivity index (χ0n) is 10.8. The van der Waals surface area contributed by atoms with Crippen molar-refractivity contribution in [2.24, 2.45) is 0 Å². The monoisotopic (exact) mass is 310 g/mol. The smallest absolute Gasteiger partial charge is 0.417 e. The van der Waals surface area contributed by atoms with Crippen molar-refractivity contribution in [1.82, 2.24) is 0 Å². The van der Waals surface area contributed by atoms with Gasteiger partial charge < -0.3 is 4.74 Å². The Hall–Kier alpha value is -2.26. The number of hydrogen-bond acceptors (Lipinski definition) is 3. The summed E-state index contributed by atoms with van der Waals surface area (Å²) in [5, 5.41) is 1.63. The molecule has 0 N–H and O–H groups in total. The van der Waals surface area contributed by atoms with Gasteiger partial charge in [0.25, 0.3) is 0 Å². The largest absolute Gasteiger partial charge is 0.465 e. The van der Waals surface area contributed by atoms with Crippen LogP contribution in [0.2, 0.25) is 0 Å². The molecule has 0 saturated carbocycles. The topological polar surface area (TPSA) is 26.3 Å². The second-order valence-electron chi connectivity index (χ2n) is 3.95. The number of ether oxygens (including phenoxy) is 1. The van der Waals surface area contributed by atoms with E-state index in [1.807, 2.05) is 0 Å². The molecule has 1 heterocycles. The summed E-state index contributed by atoms with van der Waals surface area (Å²) in [6, 6.07) is 6.62. The second-order valence-corrected chi connectivity index (χ2v) is 4.86. The van der Waals surface area contributed by atoms with Crippen LogP contribution in [0.5, 0.6) is 0 Å². The molecule has 6 heteroatoms. The number of thiophene rings is 1. The van der Waals surface area contributed by atoms with E-state index in [0.29, 0.717) is 5.56 Å². The maximum Gasteiger partial charge on any atom is 0.417 e. The molecule has 0 amide bonds. The molecule has 1 aromatic heterocycles. The quantitative estimate of drug-likeness (QED) is 0.589. The lowest BCUT2D eigenvalue weighted by molar-refractivity contribution is -0.137. The van der Waals surface area contributed by atoms with E-state index in [9.17, 15) is 18.0 Å². The molecule has 0 aliphatic rings. The van der Waals surface area contributed by atoms with Gasteiger partial charge >= 0.3 is 12.1 Å². The molecule has 0 aliphatic heterocycles. The van der Waals surface area contributed by atoms with Crippen molar-refractivity contribution in [3.05, 3.63) is 57.3 Å². The number of hydrogen-bond donors (Lipinski definition) is 0. The van der Waals surface area contributed by atoms with E-state index in [2.05, 4.69) is 16.6 Å². The minimum atomic E-state index is -4.47. The van der Waals surface area contributed by atoms with E-state index in [-0.39, 0.29) is 10.4 Å². The third kappa shape index (κ3) is 3.44. The van der Waals surface area contributed by atoms with Crippen molar-refractivity contribution in [3.63, 3.8) is 0 Å². The van der Waals surface area contributed by atoms with Crippen LogP contribution in [0.4, 0.5) is 13.2 Å². The second kappa shape index (κ2) is 6.02. The van der Waals surface area contributed by atoms with E-state index >= 15 is 0 Å². The molecule has 1 aromatic carbocycles. The standard InChI is InChI=1S/C15H9F3O2S/c1-20-14(19)13-11(8-9-21-13)7-6-10-4-2-3-5-12(10)15(16,17)18/h2-5,8-9H,1H3. The first kappa shape index (κ1) is 15.1. The number of halogens is 3. The Balaban J connectivity index is 2.42. The summed E-state index contributed by atoms with van der Waals surface area (Å²) in [7, 11) is 1.23. The van der Waals surface area contributed by atoms with E-state index in [0.717, 1.165) is 17.4 Å². The third-order valence-electron chi connectivity index (χ3n) is 2.60. The van der Waals surface area contributed by atoms with Gasteiger partial charge in [0.2, 0.25) is 0 Å². The number of carbonyl (C=O) groups excluding carboxylic acids is 1. The van der Waals surface area contributed by atoms with Crippen LogP contribution in [0.1, 0.15) is 26.4 Å². The van der Waals surface area contributed by atoms with Crippen LogP contribution < -0.4 is 0 Å². The number of carbonyl (C=O) groups is 1. The highest BCUT2D eigenvalue weighted by atomic mass is 32.1. The van der Waals surface area contributed by atoms with E-state index in [4.69, 9.17) is 0 Å². The van der Waals surface area contributed by atoms with Gasteiger partial charge in [-0.25, -0.2) is 4.79 Å².